The molecule has 386 valence electrons. The van der Waals surface area contributed by atoms with Crippen LogP contribution in [0.3, 0.4) is 0 Å². The SMILES string of the molecule is C[Si](C)(CC12c3c4c5c6c7c8c9c%10c(c1c1c%11c2c2c%12c3c5c3c5c%12c%12c2c2c%11c%11c%13c1c%10c1c%10c9c9c7c7c6c3c3c5c5c%12c6c2c%11c2c(c%131)c1c%10c9c9c7c3c3c9c1c2c6c53)C48C[Si](C)(C)OS(=O)(=O)C(F)(F)F)OS(=O)(=O)C(F)(F)F. The monoisotopic (exact) mass is 1160 g/mol. The zero-order chi connectivity index (χ0) is 54.3. The molecule has 27 aromatic carbocycles. The van der Waals surface area contributed by atoms with Crippen molar-refractivity contribution < 1.29 is 50.9 Å². The molecule has 0 spiro atoms. The highest BCUT2D eigenvalue weighted by atomic mass is 32.2. The molecule has 0 saturated carbocycles. The average molecular weight is 1160 g/mol. The van der Waals surface area contributed by atoms with Gasteiger partial charge in [-0.25, -0.2) is 0 Å². The van der Waals surface area contributed by atoms with E-state index in [1.165, 1.54) is 199 Å². The summed E-state index contributed by atoms with van der Waals surface area (Å²) in [5, 5.41) is 63.9. The summed E-state index contributed by atoms with van der Waals surface area (Å²) in [6, 6.07) is -0.161. The number of benzene rings is 17. The van der Waals surface area contributed by atoms with Crippen LogP contribution in [0.4, 0.5) is 26.3 Å². The van der Waals surface area contributed by atoms with Crippen LogP contribution in [0.1, 0.15) is 33.4 Å². The van der Waals surface area contributed by atoms with E-state index >= 15 is 26.3 Å². The zero-order valence-corrected chi connectivity index (χ0v) is 46.6. The van der Waals surface area contributed by atoms with Crippen LogP contribution < -0.4 is 0 Å². The lowest BCUT2D eigenvalue weighted by Crippen LogP contribution is -2.51. The van der Waals surface area contributed by atoms with Crippen LogP contribution in [0.15, 0.2) is 0 Å². The van der Waals surface area contributed by atoms with Crippen LogP contribution in [-0.2, 0) is 38.8 Å². The van der Waals surface area contributed by atoms with Gasteiger partial charge in [-0.2, -0.15) is 43.2 Å². The van der Waals surface area contributed by atoms with Gasteiger partial charge < -0.3 is 7.74 Å². The lowest BCUT2D eigenvalue weighted by molar-refractivity contribution is -0.0508. The second kappa shape index (κ2) is 8.72. The first-order chi connectivity index (χ1) is 40.1. The topological polar surface area (TPSA) is 86.7 Å². The number of hydrogen-bond donors (Lipinski definition) is 0. The first-order valence-corrected chi connectivity index (χ1v) is 37.9. The Balaban J connectivity index is 1.03. The van der Waals surface area contributed by atoms with Crippen molar-refractivity contribution in [2.75, 3.05) is 0 Å². The summed E-state index contributed by atoms with van der Waals surface area (Å²) >= 11 is 0. The van der Waals surface area contributed by atoms with E-state index in [0.29, 0.717) is 0 Å². The third-order valence-corrected chi connectivity index (χ3v) is 35.4. The Morgan fingerprint density at radius 3 is 0.536 bits per heavy atom. The summed E-state index contributed by atoms with van der Waals surface area (Å²) in [5.74, 6) is 0. The normalized spacial score (nSPS) is 21.5. The Morgan fingerprint density at radius 2 is 0.369 bits per heavy atom. The van der Waals surface area contributed by atoms with Crippen LogP contribution in [0.2, 0.25) is 38.3 Å². The minimum Gasteiger partial charge on any atom is -0.308 e. The summed E-state index contributed by atoms with van der Waals surface area (Å²) in [5.41, 5.74) is -8.37. The molecule has 5 aliphatic carbocycles. The van der Waals surface area contributed by atoms with Crippen molar-refractivity contribution in [3.05, 3.63) is 33.4 Å². The van der Waals surface area contributed by atoms with Crippen molar-refractivity contribution in [3.8, 4) is 0 Å². The minimum atomic E-state index is -6.13. The molecule has 84 heavy (non-hydrogen) atoms. The van der Waals surface area contributed by atoms with E-state index in [4.69, 9.17) is 7.74 Å². The van der Waals surface area contributed by atoms with Gasteiger partial charge in [0.2, 0.25) is 16.6 Å². The third-order valence-electron chi connectivity index (χ3n) is 26.2. The molecule has 32 rings (SSSR count). The summed E-state index contributed by atoms with van der Waals surface area (Å²) in [6.07, 6.45) is 0. The lowest BCUT2D eigenvalue weighted by atomic mass is 9.55. The second-order valence-electron chi connectivity index (χ2n) is 29.4. The van der Waals surface area contributed by atoms with Gasteiger partial charge in [0, 0.05) is 10.8 Å². The zero-order valence-electron chi connectivity index (χ0n) is 42.9. The fraction of sp³-hybridized carbons (Fsp3) is 0.147. The summed E-state index contributed by atoms with van der Waals surface area (Å²) < 4.78 is 158. The van der Waals surface area contributed by atoms with Gasteiger partial charge in [0.25, 0.3) is 0 Å². The molecule has 2 unspecified atom stereocenters. The minimum absolute atomic E-state index is 0.0805. The maximum atomic E-state index is 15.1. The molecule has 0 amide bonds. The highest BCUT2D eigenvalue weighted by molar-refractivity contribution is 7.89. The smallest absolute Gasteiger partial charge is 0.308 e. The average Bonchev–Trinajstić information content (AvgIpc) is 1.39. The largest absolute Gasteiger partial charge is 0.522 e. The highest BCUT2D eigenvalue weighted by Crippen LogP contribution is 2.85. The van der Waals surface area contributed by atoms with Gasteiger partial charge in [0.05, 0.1) is 0 Å². The van der Waals surface area contributed by atoms with Crippen molar-refractivity contribution >= 4 is 317 Å². The Kier molecular flexibility index (Phi) is 3.97. The van der Waals surface area contributed by atoms with E-state index in [9.17, 15) is 16.8 Å². The van der Waals surface area contributed by atoms with Crippen LogP contribution in [0.25, 0.3) is 280 Å². The van der Waals surface area contributed by atoms with Crippen molar-refractivity contribution in [1.82, 2.24) is 0 Å². The van der Waals surface area contributed by atoms with Crippen LogP contribution in [-0.4, -0.2) is 44.5 Å². The van der Waals surface area contributed by atoms with Crippen molar-refractivity contribution in [1.29, 1.82) is 0 Å². The lowest BCUT2D eigenvalue weighted by Gasteiger charge is -2.51. The van der Waals surface area contributed by atoms with E-state index in [-0.39, 0.29) is 12.1 Å². The maximum Gasteiger partial charge on any atom is 0.522 e. The van der Waals surface area contributed by atoms with Gasteiger partial charge in [0.15, 0.2) is 0 Å². The van der Waals surface area contributed by atoms with Gasteiger partial charge in [-0.3, -0.25) is 0 Å². The van der Waals surface area contributed by atoms with Gasteiger partial charge in [0.1, 0.15) is 0 Å². The van der Waals surface area contributed by atoms with Crippen LogP contribution >= 0.6 is 0 Å². The summed E-state index contributed by atoms with van der Waals surface area (Å²) in [7, 11) is -20.7. The molecule has 2 atom stereocenters. The van der Waals surface area contributed by atoms with E-state index in [2.05, 4.69) is 0 Å². The Bertz CT molecular complexity index is 7700. The van der Waals surface area contributed by atoms with E-state index < -0.39 is 58.7 Å². The molecule has 0 saturated heterocycles. The van der Waals surface area contributed by atoms with Crippen molar-refractivity contribution in [3.63, 3.8) is 0 Å². The van der Waals surface area contributed by atoms with Crippen LogP contribution in [0.5, 0.6) is 0 Å². The predicted octanol–water partition coefficient (Wildman–Crippen LogP) is 19.1. The maximum absolute atomic E-state index is 15.1. The van der Waals surface area contributed by atoms with E-state index in [1.54, 1.807) is 26.2 Å². The van der Waals surface area contributed by atoms with E-state index in [0.717, 1.165) is 114 Å². The quantitative estimate of drug-likeness (QED) is 0.0652. The molecule has 0 aliphatic heterocycles. The standard InChI is InChI=1S/C68H16F6O6S2Si2/c1-83(2,79-81(75,76)67(69,70)71)5-65-59-51-42-35-22-15-9-10-12-8-7-11(9)20(22)26-24-13(7)17-14(8)25-27-21(12)23-16(10)19-18(15)29-37-30(19)39-36(23)43-41(27)45-32(25)34-28(17)33-31(24)44(40(26)42)55(59)57-46(33)47(34)58-56(45)60-52(43)49(39)54-50(37)53(48(51)38(29)35)61(65)62(54)66(60,64(58)63(57)65)6-84(3,4)80-82(77,78)68(72,73)74/h5-6H2,1-4H3. The molecule has 0 aromatic heterocycles. The molecule has 6 nitrogen and oxygen atoms in total. The number of halogens is 6. The molecular formula is C68H16F6O6S2Si2. The number of rotatable bonds is 8. The Hall–Kier alpha value is -7.71. The Morgan fingerprint density at radius 1 is 0.250 bits per heavy atom. The summed E-state index contributed by atoms with van der Waals surface area (Å²) in [6.45, 7) is 6.49. The van der Waals surface area contributed by atoms with Crippen LogP contribution in [0, 0.1) is 0 Å². The molecule has 27 aromatic rings. The van der Waals surface area contributed by atoms with Gasteiger partial charge in [-0.15, -0.1) is 0 Å². The van der Waals surface area contributed by atoms with Crippen molar-refractivity contribution in [2.24, 2.45) is 0 Å². The fourth-order valence-electron chi connectivity index (χ4n) is 26.1. The molecule has 16 heteroatoms. The molecule has 0 radical (unpaired) electrons. The first-order valence-electron chi connectivity index (χ1n) is 28.9. The van der Waals surface area contributed by atoms with Gasteiger partial charge in [-0.05, 0) is 352 Å². The molecule has 0 fully saturated rings. The van der Waals surface area contributed by atoms with E-state index in [1.807, 2.05) is 0 Å². The molecule has 5 aliphatic rings. The molecule has 0 heterocycles. The van der Waals surface area contributed by atoms with Gasteiger partial charge in [-0.1, -0.05) is 0 Å². The third kappa shape index (κ3) is 2.42. The fourth-order valence-corrected chi connectivity index (χ4v) is 35.7. The Labute approximate surface area is 458 Å². The van der Waals surface area contributed by atoms with Gasteiger partial charge >= 0.3 is 31.3 Å². The predicted molar refractivity (Wildman–Crippen MR) is 329 cm³/mol. The second-order valence-corrected chi connectivity index (χ2v) is 41.2. The highest BCUT2D eigenvalue weighted by Gasteiger charge is 2.69. The van der Waals surface area contributed by atoms with Crippen molar-refractivity contribution in [2.45, 2.75) is 60.1 Å². The molecular weight excluding hydrogens is 1150 g/mol. The molecule has 0 bridgehead atoms. The molecule has 0 N–H and O–H groups in total. The first kappa shape index (κ1) is 38.3. The number of hydrogen-bond acceptors (Lipinski definition) is 6. The number of alkyl halides is 6. The summed E-state index contributed by atoms with van der Waals surface area (Å²) in [4.78, 5) is 0.